The molecule has 0 spiro atoms. The van der Waals surface area contributed by atoms with Crippen LogP contribution in [0.1, 0.15) is 36.5 Å². The molecule has 1 atom stereocenters. The summed E-state index contributed by atoms with van der Waals surface area (Å²) in [5.41, 5.74) is 2.49. The number of hydrogen-bond donors (Lipinski definition) is 0. The van der Waals surface area contributed by atoms with Crippen LogP contribution >= 0.6 is 0 Å². The van der Waals surface area contributed by atoms with Gasteiger partial charge in [0.1, 0.15) is 6.29 Å². The molecule has 1 aliphatic rings. The number of carbonyl (C=O) groups is 1. The van der Waals surface area contributed by atoms with E-state index in [1.807, 2.05) is 0 Å². The highest BCUT2D eigenvalue weighted by molar-refractivity contribution is 5.50. The van der Waals surface area contributed by atoms with Crippen molar-refractivity contribution in [3.63, 3.8) is 0 Å². The summed E-state index contributed by atoms with van der Waals surface area (Å²) in [5, 5.41) is 0. The Bertz CT molecular complexity index is 310. The third kappa shape index (κ3) is 2.66. The van der Waals surface area contributed by atoms with Crippen molar-refractivity contribution in [2.24, 2.45) is 0 Å². The molecule has 0 bridgehead atoms. The van der Waals surface area contributed by atoms with Crippen molar-refractivity contribution in [1.29, 1.82) is 0 Å². The second kappa shape index (κ2) is 5.08. The minimum atomic E-state index is 0.296. The van der Waals surface area contributed by atoms with Crippen LogP contribution in [0, 0.1) is 0 Å². The lowest BCUT2D eigenvalue weighted by Gasteiger charge is -2.09. The molecule has 1 heterocycles. The van der Waals surface area contributed by atoms with Crippen LogP contribution in [-0.2, 0) is 16.0 Å². The first-order valence-electron chi connectivity index (χ1n) is 5.54. The van der Waals surface area contributed by atoms with Gasteiger partial charge in [0, 0.05) is 13.0 Å². The van der Waals surface area contributed by atoms with Crippen LogP contribution in [-0.4, -0.2) is 12.9 Å². The van der Waals surface area contributed by atoms with E-state index in [4.69, 9.17) is 4.74 Å². The molecular formula is C13H16O2. The van der Waals surface area contributed by atoms with E-state index in [0.29, 0.717) is 12.5 Å². The normalized spacial score (nSPS) is 20.4. The largest absolute Gasteiger partial charge is 0.374 e. The molecule has 2 heteroatoms. The first-order chi connectivity index (χ1) is 7.40. The van der Waals surface area contributed by atoms with Gasteiger partial charge in [0.25, 0.3) is 0 Å². The van der Waals surface area contributed by atoms with Crippen LogP contribution < -0.4 is 0 Å². The fraction of sp³-hybridized carbons (Fsp3) is 0.462. The maximum absolute atomic E-state index is 10.2. The predicted octanol–water partition coefficient (Wildman–Crippen LogP) is 2.67. The lowest BCUT2D eigenvalue weighted by atomic mass is 10.0. The van der Waals surface area contributed by atoms with Gasteiger partial charge in [-0.15, -0.1) is 0 Å². The number of hydrogen-bond acceptors (Lipinski definition) is 2. The molecule has 0 radical (unpaired) electrons. The summed E-state index contributed by atoms with van der Waals surface area (Å²) < 4.78 is 5.60. The Hall–Kier alpha value is -1.15. The summed E-state index contributed by atoms with van der Waals surface area (Å²) in [4.78, 5) is 10.2. The van der Waals surface area contributed by atoms with Gasteiger partial charge < -0.3 is 9.53 Å². The highest BCUT2D eigenvalue weighted by Crippen LogP contribution is 2.28. The van der Waals surface area contributed by atoms with E-state index < -0.39 is 0 Å². The molecule has 1 saturated heterocycles. The Kier molecular flexibility index (Phi) is 3.51. The van der Waals surface area contributed by atoms with E-state index in [-0.39, 0.29) is 0 Å². The van der Waals surface area contributed by atoms with Gasteiger partial charge >= 0.3 is 0 Å². The molecule has 80 valence electrons. The lowest BCUT2D eigenvalue weighted by molar-refractivity contribution is -0.107. The van der Waals surface area contributed by atoms with E-state index in [0.717, 1.165) is 32.2 Å². The molecule has 1 aromatic rings. The van der Waals surface area contributed by atoms with Crippen LogP contribution in [0.5, 0.6) is 0 Å². The first-order valence-corrected chi connectivity index (χ1v) is 5.54. The fourth-order valence-electron chi connectivity index (χ4n) is 1.97. The van der Waals surface area contributed by atoms with Crippen LogP contribution in [0.25, 0.3) is 0 Å². The van der Waals surface area contributed by atoms with Gasteiger partial charge in [0.15, 0.2) is 0 Å². The van der Waals surface area contributed by atoms with Crippen molar-refractivity contribution in [2.75, 3.05) is 6.61 Å². The average Bonchev–Trinajstić information content (AvgIpc) is 2.80. The molecular weight excluding hydrogens is 188 g/mol. The molecule has 1 unspecified atom stereocenters. The molecule has 2 nitrogen and oxygen atoms in total. The van der Waals surface area contributed by atoms with Crippen molar-refractivity contribution in [1.82, 2.24) is 0 Å². The number of aldehydes is 1. The maximum atomic E-state index is 10.2. The Morgan fingerprint density at radius 3 is 2.73 bits per heavy atom. The summed E-state index contributed by atoms with van der Waals surface area (Å²) in [6, 6.07) is 8.44. The first kappa shape index (κ1) is 10.4. The standard InChI is InChI=1S/C13H16O2/c14-9-1-3-11-5-7-12(8-6-11)13-4-2-10-15-13/h5-9,13H,1-4,10H2. The van der Waals surface area contributed by atoms with E-state index >= 15 is 0 Å². The highest BCUT2D eigenvalue weighted by Gasteiger charge is 2.16. The molecule has 1 aliphatic heterocycles. The molecule has 0 amide bonds. The highest BCUT2D eigenvalue weighted by atomic mass is 16.5. The maximum Gasteiger partial charge on any atom is 0.120 e. The molecule has 2 rings (SSSR count). The average molecular weight is 204 g/mol. The SMILES string of the molecule is O=CCCc1ccc(C2CCCO2)cc1. The van der Waals surface area contributed by atoms with Crippen molar-refractivity contribution < 1.29 is 9.53 Å². The molecule has 1 fully saturated rings. The molecule has 0 N–H and O–H groups in total. The number of aryl methyl sites for hydroxylation is 1. The number of ether oxygens (including phenoxy) is 1. The summed E-state index contributed by atoms with van der Waals surface area (Å²) >= 11 is 0. The summed E-state index contributed by atoms with van der Waals surface area (Å²) in [6.45, 7) is 0.886. The number of rotatable bonds is 4. The van der Waals surface area contributed by atoms with Gasteiger partial charge in [0.05, 0.1) is 6.10 Å². The van der Waals surface area contributed by atoms with Crippen molar-refractivity contribution in [2.45, 2.75) is 31.8 Å². The van der Waals surface area contributed by atoms with Gasteiger partial charge in [0.2, 0.25) is 0 Å². The Morgan fingerprint density at radius 2 is 2.13 bits per heavy atom. The van der Waals surface area contributed by atoms with Crippen LogP contribution in [0.3, 0.4) is 0 Å². The number of carbonyl (C=O) groups excluding carboxylic acids is 1. The van der Waals surface area contributed by atoms with Gasteiger partial charge in [-0.3, -0.25) is 0 Å². The van der Waals surface area contributed by atoms with Crippen LogP contribution in [0.2, 0.25) is 0 Å². The van der Waals surface area contributed by atoms with E-state index in [1.54, 1.807) is 0 Å². The van der Waals surface area contributed by atoms with Crippen LogP contribution in [0.15, 0.2) is 24.3 Å². The second-order valence-electron chi connectivity index (χ2n) is 3.95. The van der Waals surface area contributed by atoms with E-state index in [9.17, 15) is 4.79 Å². The number of benzene rings is 1. The lowest BCUT2D eigenvalue weighted by Crippen LogP contribution is -1.96. The predicted molar refractivity (Wildman–Crippen MR) is 58.8 cm³/mol. The Labute approximate surface area is 90.3 Å². The van der Waals surface area contributed by atoms with Crippen molar-refractivity contribution in [3.8, 4) is 0 Å². The van der Waals surface area contributed by atoms with E-state index in [2.05, 4.69) is 24.3 Å². The zero-order valence-electron chi connectivity index (χ0n) is 8.82. The Morgan fingerprint density at radius 1 is 1.33 bits per heavy atom. The van der Waals surface area contributed by atoms with Crippen molar-refractivity contribution >= 4 is 6.29 Å². The smallest absolute Gasteiger partial charge is 0.120 e. The third-order valence-corrected chi connectivity index (χ3v) is 2.83. The molecule has 1 aromatic carbocycles. The molecule has 15 heavy (non-hydrogen) atoms. The van der Waals surface area contributed by atoms with Crippen LogP contribution in [0.4, 0.5) is 0 Å². The quantitative estimate of drug-likeness (QED) is 0.705. The molecule has 0 aliphatic carbocycles. The topological polar surface area (TPSA) is 26.3 Å². The second-order valence-corrected chi connectivity index (χ2v) is 3.95. The van der Waals surface area contributed by atoms with Gasteiger partial charge in [-0.2, -0.15) is 0 Å². The molecule has 0 saturated carbocycles. The Balaban J connectivity index is 1.99. The van der Waals surface area contributed by atoms with E-state index in [1.165, 1.54) is 11.1 Å². The zero-order valence-corrected chi connectivity index (χ0v) is 8.82. The van der Waals surface area contributed by atoms with Gasteiger partial charge in [-0.1, -0.05) is 24.3 Å². The van der Waals surface area contributed by atoms with Gasteiger partial charge in [-0.25, -0.2) is 0 Å². The minimum Gasteiger partial charge on any atom is -0.374 e. The molecule has 0 aromatic heterocycles. The minimum absolute atomic E-state index is 0.296. The summed E-state index contributed by atoms with van der Waals surface area (Å²) in [6.07, 6.45) is 5.01. The monoisotopic (exact) mass is 204 g/mol. The third-order valence-electron chi connectivity index (χ3n) is 2.83. The van der Waals surface area contributed by atoms with Gasteiger partial charge in [-0.05, 0) is 30.4 Å². The summed E-state index contributed by atoms with van der Waals surface area (Å²) in [5.74, 6) is 0. The van der Waals surface area contributed by atoms with Crippen molar-refractivity contribution in [3.05, 3.63) is 35.4 Å². The summed E-state index contributed by atoms with van der Waals surface area (Å²) in [7, 11) is 0. The fourth-order valence-corrected chi connectivity index (χ4v) is 1.97. The zero-order chi connectivity index (χ0) is 10.5.